The molecule has 0 bridgehead atoms. The molecular weight excluding hydrogens is 282 g/mol. The molecule has 2 aromatic carbocycles. The number of rotatable bonds is 3. The maximum atomic E-state index is 12.2. The van der Waals surface area contributed by atoms with Gasteiger partial charge in [0.25, 0.3) is 0 Å². The van der Waals surface area contributed by atoms with Crippen molar-refractivity contribution in [2.24, 2.45) is 0 Å². The van der Waals surface area contributed by atoms with E-state index in [0.29, 0.717) is 17.4 Å². The highest BCUT2D eigenvalue weighted by Gasteiger charge is 2.30. The zero-order chi connectivity index (χ0) is 15.0. The lowest BCUT2D eigenvalue weighted by Crippen LogP contribution is -2.14. The largest absolute Gasteiger partial charge is 0.325 e. The Morgan fingerprint density at radius 1 is 1.14 bits per heavy atom. The van der Waals surface area contributed by atoms with Crippen molar-refractivity contribution in [1.29, 1.82) is 0 Å². The van der Waals surface area contributed by atoms with Gasteiger partial charge >= 0.3 is 0 Å². The van der Waals surface area contributed by atoms with E-state index >= 15 is 0 Å². The predicted octanol–water partition coefficient (Wildman–Crippen LogP) is 4.74. The van der Waals surface area contributed by atoms with Gasteiger partial charge in [-0.25, -0.2) is 0 Å². The Morgan fingerprint density at radius 3 is 2.52 bits per heavy atom. The summed E-state index contributed by atoms with van der Waals surface area (Å²) in [6, 6.07) is 14.1. The number of carbonyl (C=O) groups is 1. The van der Waals surface area contributed by atoms with Crippen LogP contribution in [0.3, 0.4) is 0 Å². The van der Waals surface area contributed by atoms with Gasteiger partial charge in [-0.3, -0.25) is 4.79 Å². The zero-order valence-corrected chi connectivity index (χ0v) is 12.9. The van der Waals surface area contributed by atoms with Crippen LogP contribution in [-0.4, -0.2) is 5.91 Å². The highest BCUT2D eigenvalue weighted by Crippen LogP contribution is 2.36. The molecule has 1 aliphatic heterocycles. The van der Waals surface area contributed by atoms with Crippen molar-refractivity contribution in [3.8, 4) is 0 Å². The van der Waals surface area contributed by atoms with E-state index in [1.165, 1.54) is 11.1 Å². The monoisotopic (exact) mass is 299 g/mol. The number of benzene rings is 2. The van der Waals surface area contributed by atoms with Gasteiger partial charge in [0.05, 0.1) is 5.92 Å². The lowest BCUT2D eigenvalue weighted by molar-refractivity contribution is -0.117. The molecule has 1 atom stereocenters. The quantitative estimate of drug-likeness (QED) is 0.871. The molecule has 1 heterocycles. The van der Waals surface area contributed by atoms with Crippen molar-refractivity contribution in [3.05, 3.63) is 64.2 Å². The Morgan fingerprint density at radius 2 is 1.86 bits per heavy atom. The Hall–Kier alpha value is -1.80. The van der Waals surface area contributed by atoms with E-state index < -0.39 is 0 Å². The van der Waals surface area contributed by atoms with E-state index in [9.17, 15) is 4.79 Å². The third kappa shape index (κ3) is 2.81. The third-order valence-corrected chi connectivity index (χ3v) is 4.28. The third-order valence-electron chi connectivity index (χ3n) is 4.05. The minimum atomic E-state index is -0.149. The molecule has 0 radical (unpaired) electrons. The molecule has 3 rings (SSSR count). The number of hydrogen-bond donors (Lipinski definition) is 1. The van der Waals surface area contributed by atoms with Gasteiger partial charge in [-0.15, -0.1) is 0 Å². The molecule has 21 heavy (non-hydrogen) atoms. The van der Waals surface area contributed by atoms with Gasteiger partial charge in [0.15, 0.2) is 0 Å². The van der Waals surface area contributed by atoms with Crippen molar-refractivity contribution >= 4 is 23.2 Å². The first-order chi connectivity index (χ1) is 10.0. The average Bonchev–Trinajstić information content (AvgIpc) is 2.76. The van der Waals surface area contributed by atoms with E-state index in [1.807, 2.05) is 12.1 Å². The molecule has 1 N–H and O–H groups in total. The number of fused-ring (bicyclic) bond motifs is 1. The van der Waals surface area contributed by atoms with Crippen molar-refractivity contribution in [3.63, 3.8) is 0 Å². The van der Waals surface area contributed by atoms with Gasteiger partial charge in [0.1, 0.15) is 0 Å². The average molecular weight is 300 g/mol. The summed E-state index contributed by atoms with van der Waals surface area (Å²) >= 11 is 6.06. The second-order valence-corrected chi connectivity index (χ2v) is 6.31. The Labute approximate surface area is 130 Å². The fourth-order valence-corrected chi connectivity index (χ4v) is 2.95. The van der Waals surface area contributed by atoms with Gasteiger partial charge in [-0.05, 0) is 47.2 Å². The molecule has 1 unspecified atom stereocenters. The first kappa shape index (κ1) is 14.2. The molecule has 3 heteroatoms. The zero-order valence-electron chi connectivity index (χ0n) is 12.2. The molecule has 2 nitrogen and oxygen atoms in total. The fraction of sp³-hybridized carbons (Fsp3) is 0.278. The van der Waals surface area contributed by atoms with Crippen LogP contribution in [0, 0.1) is 0 Å². The number of carbonyl (C=O) groups excluding carboxylic acids is 1. The van der Waals surface area contributed by atoms with Crippen LogP contribution in [0.15, 0.2) is 42.5 Å². The van der Waals surface area contributed by atoms with E-state index in [2.05, 4.69) is 43.4 Å². The summed E-state index contributed by atoms with van der Waals surface area (Å²) in [6.07, 6.45) is 0.706. The SMILES string of the molecule is CC(C)c1ccc(CC2C(=O)Nc3ccc(Cl)cc32)cc1. The van der Waals surface area contributed by atoms with Gasteiger partial charge in [-0.2, -0.15) is 0 Å². The summed E-state index contributed by atoms with van der Waals surface area (Å²) in [6.45, 7) is 4.36. The molecule has 1 amide bonds. The van der Waals surface area contributed by atoms with Crippen molar-refractivity contribution in [1.82, 2.24) is 0 Å². The smallest absolute Gasteiger partial charge is 0.232 e. The number of nitrogens with one attached hydrogen (secondary N) is 1. The Balaban J connectivity index is 1.85. The lowest BCUT2D eigenvalue weighted by atomic mass is 9.92. The first-order valence-electron chi connectivity index (χ1n) is 7.24. The van der Waals surface area contributed by atoms with Gasteiger partial charge < -0.3 is 5.32 Å². The van der Waals surface area contributed by atoms with Crippen LogP contribution in [0.4, 0.5) is 5.69 Å². The Kier molecular flexibility index (Phi) is 3.73. The maximum absolute atomic E-state index is 12.2. The van der Waals surface area contributed by atoms with E-state index in [4.69, 9.17) is 11.6 Å². The first-order valence-corrected chi connectivity index (χ1v) is 7.61. The highest BCUT2D eigenvalue weighted by molar-refractivity contribution is 6.31. The summed E-state index contributed by atoms with van der Waals surface area (Å²) < 4.78 is 0. The van der Waals surface area contributed by atoms with Gasteiger partial charge in [-0.1, -0.05) is 49.7 Å². The van der Waals surface area contributed by atoms with E-state index in [0.717, 1.165) is 11.3 Å². The highest BCUT2D eigenvalue weighted by atomic mass is 35.5. The molecule has 0 aliphatic carbocycles. The molecule has 108 valence electrons. The minimum Gasteiger partial charge on any atom is -0.325 e. The normalized spacial score (nSPS) is 17.0. The van der Waals surface area contributed by atoms with Gasteiger partial charge in [0.2, 0.25) is 5.91 Å². The topological polar surface area (TPSA) is 29.1 Å². The van der Waals surface area contributed by atoms with Crippen molar-refractivity contribution in [2.75, 3.05) is 5.32 Å². The molecule has 0 aromatic heterocycles. The standard InChI is InChI=1S/C18H18ClNO/c1-11(2)13-5-3-12(4-6-13)9-16-15-10-14(19)7-8-17(15)20-18(16)21/h3-8,10-11,16H,9H2,1-2H3,(H,20,21). The van der Waals surface area contributed by atoms with E-state index in [-0.39, 0.29) is 11.8 Å². The van der Waals surface area contributed by atoms with Crippen LogP contribution in [-0.2, 0) is 11.2 Å². The number of halogens is 1. The molecule has 0 saturated carbocycles. The van der Waals surface area contributed by atoms with E-state index in [1.54, 1.807) is 6.07 Å². The van der Waals surface area contributed by atoms with Crippen LogP contribution >= 0.6 is 11.6 Å². The molecule has 0 spiro atoms. The summed E-state index contributed by atoms with van der Waals surface area (Å²) in [4.78, 5) is 12.2. The van der Waals surface area contributed by atoms with Crippen LogP contribution in [0.5, 0.6) is 0 Å². The van der Waals surface area contributed by atoms with Crippen LogP contribution in [0.1, 0.15) is 42.4 Å². The van der Waals surface area contributed by atoms with Crippen molar-refractivity contribution < 1.29 is 4.79 Å². The fourth-order valence-electron chi connectivity index (χ4n) is 2.77. The lowest BCUT2D eigenvalue weighted by Gasteiger charge is -2.11. The summed E-state index contributed by atoms with van der Waals surface area (Å²) in [5, 5.41) is 3.60. The maximum Gasteiger partial charge on any atom is 0.232 e. The molecule has 0 fully saturated rings. The minimum absolute atomic E-state index is 0.0557. The molecule has 2 aromatic rings. The van der Waals surface area contributed by atoms with Crippen LogP contribution in [0.2, 0.25) is 5.02 Å². The molecule has 1 aliphatic rings. The number of anilines is 1. The molecule has 0 saturated heterocycles. The van der Waals surface area contributed by atoms with Crippen LogP contribution < -0.4 is 5.32 Å². The predicted molar refractivity (Wildman–Crippen MR) is 87.1 cm³/mol. The summed E-state index contributed by atoms with van der Waals surface area (Å²) in [5.74, 6) is 0.428. The summed E-state index contributed by atoms with van der Waals surface area (Å²) in [5.41, 5.74) is 4.37. The summed E-state index contributed by atoms with van der Waals surface area (Å²) in [7, 11) is 0. The molecular formula is C18H18ClNO. The van der Waals surface area contributed by atoms with Gasteiger partial charge in [0, 0.05) is 10.7 Å². The van der Waals surface area contributed by atoms with Crippen LogP contribution in [0.25, 0.3) is 0 Å². The second-order valence-electron chi connectivity index (χ2n) is 5.87. The number of hydrogen-bond acceptors (Lipinski definition) is 1. The Bertz CT molecular complexity index is 676. The second kappa shape index (κ2) is 5.53. The number of amides is 1. The van der Waals surface area contributed by atoms with Crippen molar-refractivity contribution in [2.45, 2.75) is 32.1 Å².